The van der Waals surface area contributed by atoms with Gasteiger partial charge < -0.3 is 95.2 Å². The van der Waals surface area contributed by atoms with Crippen LogP contribution < -0.4 is 52.0 Å². The zero-order valence-corrected chi connectivity index (χ0v) is 84.0. The normalized spacial score (nSPS) is 12.7. The molecule has 52 heteroatoms. The van der Waals surface area contributed by atoms with Crippen LogP contribution in [0.5, 0.6) is 0 Å². The predicted molar refractivity (Wildman–Crippen MR) is 539 cm³/mol. The molecule has 3 aromatic carbocycles. The van der Waals surface area contributed by atoms with Crippen LogP contribution in [0.1, 0.15) is 120 Å². The predicted octanol–water partition coefficient (Wildman–Crippen LogP) is 4.80. The Kier molecular flexibility index (Phi) is 47.4. The minimum atomic E-state index is -0.954. The van der Waals surface area contributed by atoms with Crippen molar-refractivity contribution in [2.45, 2.75) is 93.1 Å². The number of aliphatic hydroxyl groups excluding tert-OH is 1. The fraction of sp³-hybridized carbons (Fsp3) is 0.305. The number of ketones is 1. The average molecular weight is 2080 g/mol. The number of nitro groups is 2. The number of benzene rings is 3. The number of nitrogen functional groups attached to an aromatic ring is 3. The molecule has 0 fully saturated rings. The number of amides is 2. The number of nitrogens with zero attached hydrogens (tertiary/aromatic N) is 24. The number of hydrogen-bond acceptors (Lipinski definition) is 38. The van der Waals surface area contributed by atoms with E-state index in [2.05, 4.69) is 116 Å². The molecular weight excluding hydrogens is 1970 g/mol. The van der Waals surface area contributed by atoms with E-state index in [9.17, 15) is 58.6 Å². The van der Waals surface area contributed by atoms with E-state index in [1.54, 1.807) is 118 Å². The zero-order chi connectivity index (χ0) is 104. The van der Waals surface area contributed by atoms with Crippen molar-refractivity contribution in [3.8, 4) is 33.8 Å². The molecule has 50 nitrogen and oxygen atoms in total. The molecule has 0 aliphatic carbocycles. The molecule has 19 rings (SSSR count). The standard InChI is InChI=1S/C19H18N6O3.C19H20N6O.C11H9N3O2.C10H15N3O2.C9H13N3O2.C9H9N3O2.C8H11N3O2.C5H7BrO3.C4H5N3.CH4O.Li.2H2O/c1-23-9-10-24-11-15(20-17(24)12-23)19(26)22-18-16(25(27)28)8-7-14(21-18)13-5-3-2-4-6-13;1-24-9-10-25-11-16(21-17(25)12-24)19(26)23-18-14(20)7-8-15(22-18)13-5-3-2-4-6-13;12-11-10(14(15)16)7-6-9(13-11)8-4-2-1-3-5-8;1-3-15-10(14)8-6-13-5-4-12(2)7-9(13)11-8;2*1-2-14-9(13)7-6-12-4-3-10-5-8(12)11-7;1-10-2-3-11-4-6(8(12)13)9-7(11)5-10;1-2-9-5(8)4(7)3-6;5-4-3-6-1-2-7-4;1-2;;;/h2-8,11H,9-10,12H2,1H3,(H,21,22,26);2-8,11H,9-10,12,20H2,1H3,(H,22,23,26);1-7H,(H2,12,13);6H,3-5,7H2,1-2H3;6,10H,2-5H2,1H3;3-6H,2H2,1H3;4H,2-3,5H2,1H3,(H,12,13);2-3H2,1H3;1-3H,(H2,5,7);2H,1H3;;2*1H2/q;;;;;;;;;;+1;;/p-1. The third kappa shape index (κ3) is 34.8. The Bertz CT molecular complexity index is 6640. The van der Waals surface area contributed by atoms with Crippen LogP contribution in [0.4, 0.5) is 40.3 Å². The van der Waals surface area contributed by atoms with Gasteiger partial charge >= 0.3 is 60.1 Å². The number of nitrogens with two attached hydrogens (primary N) is 3. The minimum absolute atomic E-state index is 0. The van der Waals surface area contributed by atoms with Crippen molar-refractivity contribution in [3.63, 3.8) is 0 Å². The van der Waals surface area contributed by atoms with Crippen molar-refractivity contribution < 1.29 is 107 Å². The van der Waals surface area contributed by atoms with Crippen LogP contribution in [0.2, 0.25) is 0 Å². The Morgan fingerprint density at radius 3 is 1.22 bits per heavy atom. The van der Waals surface area contributed by atoms with Crippen LogP contribution >= 0.6 is 15.9 Å². The van der Waals surface area contributed by atoms with Gasteiger partial charge in [-0.3, -0.25) is 69.5 Å². The van der Waals surface area contributed by atoms with Gasteiger partial charge in [0.2, 0.25) is 17.4 Å². The Labute approximate surface area is 863 Å². The van der Waals surface area contributed by atoms with Crippen LogP contribution in [-0.2, 0) is 94.0 Å². The number of hydrogen-bond donors (Lipinski definition) is 8. The van der Waals surface area contributed by atoms with Gasteiger partial charge in [0.1, 0.15) is 46.3 Å². The van der Waals surface area contributed by atoms with Crippen molar-refractivity contribution >= 4 is 109 Å². The number of alkyl halides is 1. The second-order valence-electron chi connectivity index (χ2n) is 31.5. The number of pyridine rings is 3. The van der Waals surface area contributed by atoms with Crippen LogP contribution in [0, 0.1) is 20.2 Å². The number of imidazole rings is 6. The van der Waals surface area contributed by atoms with Gasteiger partial charge in [-0.1, -0.05) is 107 Å². The molecule has 5 aliphatic heterocycles. The summed E-state index contributed by atoms with van der Waals surface area (Å²) in [4.78, 5) is 170. The number of rotatable bonds is 19. The number of ether oxygens (including phenoxy) is 4. The number of aromatic carboxylic acids is 1. The number of Topliss-reactive ketones (excluding diaryl/α,β-unsaturated/α-hetero) is 1. The van der Waals surface area contributed by atoms with Crippen LogP contribution in [0.15, 0.2) is 202 Å². The maximum absolute atomic E-state index is 12.7. The van der Waals surface area contributed by atoms with Crippen molar-refractivity contribution in [1.29, 1.82) is 0 Å². The number of carboxylic acid groups (broad SMARTS) is 1. The van der Waals surface area contributed by atoms with Crippen molar-refractivity contribution in [3.05, 3.63) is 285 Å². The van der Waals surface area contributed by atoms with E-state index in [0.717, 1.165) is 150 Å². The molecule has 14 aromatic rings. The summed E-state index contributed by atoms with van der Waals surface area (Å²) in [5.74, 6) is 0.833. The molecule has 0 unspecified atom stereocenters. The van der Waals surface area contributed by atoms with Gasteiger partial charge in [-0.15, -0.1) is 0 Å². The zero-order valence-electron chi connectivity index (χ0n) is 82.4. The van der Waals surface area contributed by atoms with Crippen molar-refractivity contribution in [2.24, 2.45) is 0 Å². The Morgan fingerprint density at radius 1 is 0.449 bits per heavy atom. The maximum Gasteiger partial charge on any atom is 1.00 e. The fourth-order valence-corrected chi connectivity index (χ4v) is 14.1. The van der Waals surface area contributed by atoms with Crippen molar-refractivity contribution in [1.82, 2.24) is 112 Å². The van der Waals surface area contributed by atoms with Gasteiger partial charge in [-0.2, -0.15) is 0 Å². The summed E-state index contributed by atoms with van der Waals surface area (Å²) in [5.41, 5.74) is 23.7. The molecule has 2 amide bonds. The molecule has 0 saturated carbocycles. The molecule has 147 heavy (non-hydrogen) atoms. The molecule has 16 heterocycles. The number of aromatic nitrogens is 18. The number of carbonyl (C=O) groups excluding carboxylic acids is 7. The van der Waals surface area contributed by atoms with Gasteiger partial charge in [-0.25, -0.2) is 73.8 Å². The molecular formula is C95H114BrLiN30O20. The largest absolute Gasteiger partial charge is 1.00 e. The number of fused-ring (bicyclic) bond motifs is 6. The van der Waals surface area contributed by atoms with E-state index in [1.165, 1.54) is 18.3 Å². The second kappa shape index (κ2) is 59.1. The number of halogens is 1. The van der Waals surface area contributed by atoms with Crippen LogP contribution in [-0.4, -0.2) is 285 Å². The molecule has 14 N–H and O–H groups in total. The second-order valence-corrected chi connectivity index (χ2v) is 32.0. The molecule has 0 radical (unpaired) electrons. The number of nitrogens with one attached hydrogen (secondary N) is 3. The summed E-state index contributed by atoms with van der Waals surface area (Å²) in [7, 11) is 9.07. The first-order chi connectivity index (χ1) is 69.4. The third-order valence-electron chi connectivity index (χ3n) is 21.0. The van der Waals surface area contributed by atoms with E-state index in [0.29, 0.717) is 83.5 Å². The number of anilines is 5. The average Bonchev–Trinajstić information content (AvgIpc) is 1.71. The minimum Gasteiger partial charge on any atom is -0.870 e. The van der Waals surface area contributed by atoms with Crippen LogP contribution in [0.3, 0.4) is 0 Å². The monoisotopic (exact) mass is 2080 g/mol. The van der Waals surface area contributed by atoms with Gasteiger partial charge in [0, 0.05) is 163 Å². The summed E-state index contributed by atoms with van der Waals surface area (Å²) in [5, 5.41) is 46.2. The van der Waals surface area contributed by atoms with E-state index in [1.807, 2.05) is 148 Å². The maximum atomic E-state index is 12.7. The molecule has 0 saturated heterocycles. The molecule has 5 aliphatic rings. The number of esters is 4. The van der Waals surface area contributed by atoms with Crippen molar-refractivity contribution in [2.75, 3.05) is 128 Å². The van der Waals surface area contributed by atoms with Gasteiger partial charge in [0.15, 0.2) is 34.2 Å². The number of likely N-dealkylation sites (N-methyl/N-ethyl adjacent to an activating group) is 4. The summed E-state index contributed by atoms with van der Waals surface area (Å²) in [6, 6.07) is 37.8. The van der Waals surface area contributed by atoms with E-state index < -0.39 is 39.4 Å². The Balaban J connectivity index is 0.000000229. The third-order valence-corrected chi connectivity index (χ3v) is 21.5. The SMILES string of the molecule is CCOC(=O)C(=O)CBr.CCOC(=O)c1cn2c(n1)CN(C)CC2.CCOC(=O)c1cn2c(n1)CNCC2.CCOC(=O)c1cn2ccncc2n1.CN1CCn2cc(C(=O)Nc3nc(-c4ccccc4)ccc3N)nc2C1.CN1CCn2cc(C(=O)Nc3nc(-c4ccccc4)ccc3[N+](=O)[O-])nc2C1.CN1CCn2cc(C(=O)O)nc2C1.CO.Nc1cnccn1.Nc1nc(-c2ccccc2)ccc1[N+](=O)[O-].O.[Li+].[OH-]. The topological polar surface area (TPSA) is 673 Å². The molecule has 0 atom stereocenters. The fourth-order valence-electron chi connectivity index (χ4n) is 13.9. The number of aliphatic hydroxyl groups is 1. The molecule has 772 valence electrons. The van der Waals surface area contributed by atoms with Crippen LogP contribution in [0.25, 0.3) is 39.4 Å². The first-order valence-corrected chi connectivity index (χ1v) is 46.1. The first kappa shape index (κ1) is 118. The summed E-state index contributed by atoms with van der Waals surface area (Å²) in [6.07, 6.45) is 19.8. The first-order valence-electron chi connectivity index (χ1n) is 45.0. The van der Waals surface area contributed by atoms with Gasteiger partial charge in [-0.05, 0) is 80.2 Å². The molecule has 0 spiro atoms. The van der Waals surface area contributed by atoms with E-state index in [-0.39, 0.29) is 94.0 Å². The van der Waals surface area contributed by atoms with E-state index in [4.69, 9.17) is 41.6 Å². The summed E-state index contributed by atoms with van der Waals surface area (Å²) >= 11 is 2.83. The smallest absolute Gasteiger partial charge is 0.870 e. The molecule has 0 bridgehead atoms. The van der Waals surface area contributed by atoms with Gasteiger partial charge in [0.05, 0.1) is 109 Å². The number of carboxylic acids is 1. The van der Waals surface area contributed by atoms with Gasteiger partial charge in [0.25, 0.3) is 11.8 Å². The van der Waals surface area contributed by atoms with E-state index >= 15 is 0 Å². The summed E-state index contributed by atoms with van der Waals surface area (Å²) in [6.45, 7) is 20.8. The summed E-state index contributed by atoms with van der Waals surface area (Å²) < 4.78 is 30.6. The Hall–Kier alpha value is -16.2. The quantitative estimate of drug-likeness (QED) is 0.0102. The number of carbonyl (C=O) groups is 8. The molecule has 11 aromatic heterocycles. The Morgan fingerprint density at radius 2 is 0.830 bits per heavy atom.